The SMILES string of the molecule is CCCCCCCCCCCCc1ccccc1.O=C([O-])[O-].[Na+].[Na+]. The van der Waals surface area contributed by atoms with Gasteiger partial charge in [-0.2, -0.15) is 0 Å². The van der Waals surface area contributed by atoms with Crippen molar-refractivity contribution < 1.29 is 74.1 Å². The topological polar surface area (TPSA) is 63.2 Å². The van der Waals surface area contributed by atoms with E-state index in [-0.39, 0.29) is 59.1 Å². The van der Waals surface area contributed by atoms with Crippen LogP contribution >= 0.6 is 0 Å². The summed E-state index contributed by atoms with van der Waals surface area (Å²) in [6.45, 7) is 2.28. The van der Waals surface area contributed by atoms with Crippen molar-refractivity contribution in [2.45, 2.75) is 77.6 Å². The van der Waals surface area contributed by atoms with Crippen LogP contribution in [0.15, 0.2) is 30.3 Å². The predicted molar refractivity (Wildman–Crippen MR) is 87.4 cm³/mol. The molecule has 1 aromatic rings. The minimum atomic E-state index is -2.33. The van der Waals surface area contributed by atoms with Crippen molar-refractivity contribution in [3.05, 3.63) is 35.9 Å². The number of rotatable bonds is 11. The number of carbonyl (C=O) groups excluding carboxylic acids is 1. The van der Waals surface area contributed by atoms with Crippen molar-refractivity contribution in [1.29, 1.82) is 0 Å². The Hall–Kier alpha value is 0.490. The maximum atomic E-state index is 8.33. The van der Waals surface area contributed by atoms with Crippen molar-refractivity contribution in [1.82, 2.24) is 0 Å². The molecule has 0 atom stereocenters. The summed E-state index contributed by atoms with van der Waals surface area (Å²) in [5.74, 6) is 0. The molecule has 3 nitrogen and oxygen atoms in total. The van der Waals surface area contributed by atoms with Gasteiger partial charge in [-0.25, -0.2) is 0 Å². The number of carbonyl (C=O) groups is 1. The monoisotopic (exact) mass is 352 g/mol. The fraction of sp³-hybridized carbons (Fsp3) is 0.632. The van der Waals surface area contributed by atoms with E-state index in [0.717, 1.165) is 0 Å². The molecule has 0 bridgehead atoms. The van der Waals surface area contributed by atoms with Crippen molar-refractivity contribution in [2.75, 3.05) is 0 Å². The Morgan fingerprint density at radius 2 is 1.12 bits per heavy atom. The van der Waals surface area contributed by atoms with Crippen molar-refractivity contribution in [2.24, 2.45) is 0 Å². The van der Waals surface area contributed by atoms with Crippen LogP contribution in [0, 0.1) is 0 Å². The summed E-state index contributed by atoms with van der Waals surface area (Å²) in [4.78, 5) is 8.33. The Bertz CT molecular complexity index is 355. The fourth-order valence-electron chi connectivity index (χ4n) is 2.46. The van der Waals surface area contributed by atoms with Gasteiger partial charge in [0.15, 0.2) is 0 Å². The van der Waals surface area contributed by atoms with Gasteiger partial charge in [0.25, 0.3) is 0 Å². The third-order valence-electron chi connectivity index (χ3n) is 3.66. The van der Waals surface area contributed by atoms with Crippen LogP contribution in [0.25, 0.3) is 0 Å². The molecule has 0 amide bonds. The molecule has 0 saturated carbocycles. The first-order valence-corrected chi connectivity index (χ1v) is 8.58. The van der Waals surface area contributed by atoms with Crippen LogP contribution in [0.3, 0.4) is 0 Å². The summed E-state index contributed by atoms with van der Waals surface area (Å²) in [5.41, 5.74) is 1.50. The number of benzene rings is 1. The van der Waals surface area contributed by atoms with Crippen LogP contribution < -0.4 is 69.3 Å². The number of hydrogen-bond acceptors (Lipinski definition) is 3. The Morgan fingerprint density at radius 3 is 1.54 bits per heavy atom. The van der Waals surface area contributed by atoms with Gasteiger partial charge in [-0.3, -0.25) is 0 Å². The zero-order valence-electron chi connectivity index (χ0n) is 15.9. The summed E-state index contributed by atoms with van der Waals surface area (Å²) in [7, 11) is 0. The third kappa shape index (κ3) is 24.7. The molecule has 0 spiro atoms. The molecule has 0 aliphatic rings. The Kier molecular flexibility index (Phi) is 28.6. The molecule has 0 radical (unpaired) electrons. The van der Waals surface area contributed by atoms with E-state index in [1.165, 1.54) is 76.2 Å². The van der Waals surface area contributed by atoms with E-state index in [0.29, 0.717) is 0 Å². The van der Waals surface area contributed by atoms with Crippen LogP contribution in [-0.2, 0) is 6.42 Å². The summed E-state index contributed by atoms with van der Waals surface area (Å²) < 4.78 is 0. The molecule has 0 unspecified atom stereocenters. The maximum Gasteiger partial charge on any atom is 1.00 e. The van der Waals surface area contributed by atoms with Crippen molar-refractivity contribution in [3.8, 4) is 0 Å². The van der Waals surface area contributed by atoms with Gasteiger partial charge < -0.3 is 15.0 Å². The summed E-state index contributed by atoms with van der Waals surface area (Å²) >= 11 is 0. The first-order valence-electron chi connectivity index (χ1n) is 8.58. The third-order valence-corrected chi connectivity index (χ3v) is 3.66. The molecular formula is C19H30Na2O3. The van der Waals surface area contributed by atoms with Crippen molar-refractivity contribution >= 4 is 6.16 Å². The number of aryl methyl sites for hydroxylation is 1. The number of hydrogen-bond donors (Lipinski definition) is 0. The van der Waals surface area contributed by atoms with Gasteiger partial charge >= 0.3 is 59.1 Å². The van der Waals surface area contributed by atoms with Crippen molar-refractivity contribution in [3.63, 3.8) is 0 Å². The van der Waals surface area contributed by atoms with E-state index in [2.05, 4.69) is 37.3 Å². The van der Waals surface area contributed by atoms with Gasteiger partial charge in [0, 0.05) is 0 Å². The van der Waals surface area contributed by atoms with Crippen LogP contribution in [-0.4, -0.2) is 6.16 Å². The van der Waals surface area contributed by atoms with Gasteiger partial charge in [-0.05, 0) is 24.6 Å². The molecule has 0 aliphatic carbocycles. The predicted octanol–water partition coefficient (Wildman–Crippen LogP) is -2.29. The van der Waals surface area contributed by atoms with Gasteiger partial charge in [-0.15, -0.1) is 0 Å². The zero-order chi connectivity index (χ0) is 16.5. The molecule has 5 heteroatoms. The second-order valence-corrected chi connectivity index (χ2v) is 5.67. The van der Waals surface area contributed by atoms with E-state index in [1.807, 2.05) is 0 Å². The van der Waals surface area contributed by atoms with Crippen LogP contribution in [0.4, 0.5) is 4.79 Å². The Morgan fingerprint density at radius 1 is 0.750 bits per heavy atom. The minimum absolute atomic E-state index is 0. The molecule has 0 N–H and O–H groups in total. The largest absolute Gasteiger partial charge is 1.00 e. The molecule has 0 heterocycles. The minimum Gasteiger partial charge on any atom is -0.652 e. The molecule has 0 saturated heterocycles. The van der Waals surface area contributed by atoms with Crippen LogP contribution in [0.5, 0.6) is 0 Å². The standard InChI is InChI=1S/C18H30.CH2O3.2Na/c1-2-3-4-5-6-7-8-9-10-12-15-18-16-13-11-14-17-18;2-1(3)4;;/h11,13-14,16-17H,2-10,12,15H2,1H3;(H2,2,3,4);;/q;;2*+1/p-2. The fourth-order valence-corrected chi connectivity index (χ4v) is 2.46. The smallest absolute Gasteiger partial charge is 0.652 e. The van der Waals surface area contributed by atoms with Gasteiger partial charge in [0.2, 0.25) is 0 Å². The van der Waals surface area contributed by atoms with E-state index >= 15 is 0 Å². The molecule has 126 valence electrons. The Balaban J connectivity index is -0.000000661. The van der Waals surface area contributed by atoms with E-state index in [9.17, 15) is 0 Å². The average molecular weight is 352 g/mol. The maximum absolute atomic E-state index is 8.33. The second-order valence-electron chi connectivity index (χ2n) is 5.67. The van der Waals surface area contributed by atoms with Gasteiger partial charge in [0.1, 0.15) is 0 Å². The molecular weight excluding hydrogens is 322 g/mol. The normalized spacial score (nSPS) is 9.04. The van der Waals surface area contributed by atoms with Crippen LogP contribution in [0.1, 0.15) is 76.7 Å². The van der Waals surface area contributed by atoms with Gasteiger partial charge in [0.05, 0.1) is 0 Å². The van der Waals surface area contributed by atoms with Crippen LogP contribution in [0.2, 0.25) is 0 Å². The molecule has 1 aromatic carbocycles. The summed E-state index contributed by atoms with van der Waals surface area (Å²) in [6.07, 6.45) is 13.2. The molecule has 1 rings (SSSR count). The number of carboxylic acid groups (broad SMARTS) is 2. The van der Waals surface area contributed by atoms with E-state index in [1.54, 1.807) is 0 Å². The van der Waals surface area contributed by atoms with Gasteiger partial charge in [-0.1, -0.05) is 95.0 Å². The van der Waals surface area contributed by atoms with E-state index < -0.39 is 6.16 Å². The Labute approximate surface area is 192 Å². The summed E-state index contributed by atoms with van der Waals surface area (Å²) in [5, 5.41) is 16.7. The molecule has 0 aromatic heterocycles. The average Bonchev–Trinajstić information content (AvgIpc) is 2.50. The number of unbranched alkanes of at least 4 members (excludes halogenated alkanes) is 9. The first-order chi connectivity index (χ1) is 10.7. The quantitative estimate of drug-likeness (QED) is 0.333. The molecule has 24 heavy (non-hydrogen) atoms. The molecule has 0 fully saturated rings. The summed E-state index contributed by atoms with van der Waals surface area (Å²) in [6, 6.07) is 10.9. The van der Waals surface area contributed by atoms with E-state index in [4.69, 9.17) is 15.0 Å². The zero-order valence-corrected chi connectivity index (χ0v) is 19.9. The first kappa shape index (κ1) is 29.3. The molecule has 0 aliphatic heterocycles. The second kappa shape index (κ2) is 23.5.